The summed E-state index contributed by atoms with van der Waals surface area (Å²) in [6.07, 6.45) is -4.95. The first kappa shape index (κ1) is 65.3. The monoisotopic (exact) mass is 1150 g/mol. The number of methoxy groups -OCH3 is 2. The van der Waals surface area contributed by atoms with Crippen molar-refractivity contribution in [3.8, 4) is 0 Å². The minimum atomic E-state index is -1.71. The van der Waals surface area contributed by atoms with E-state index in [1.165, 1.54) is 68.4 Å². The molecule has 0 aromatic carbocycles. The molecule has 8 unspecified atom stereocenters. The summed E-state index contributed by atoms with van der Waals surface area (Å²) in [5, 5.41) is 56.4. The molecule has 4 N–H and O–H groups in total. The lowest BCUT2D eigenvalue weighted by Crippen LogP contribution is -2.39. The van der Waals surface area contributed by atoms with Crippen molar-refractivity contribution >= 4 is 47.4 Å². The predicted octanol–water partition coefficient (Wildman–Crippen LogP) is 5.70. The first-order valence-corrected chi connectivity index (χ1v) is 26.3. The lowest BCUT2D eigenvalue weighted by molar-refractivity contribution is -0.0731. The van der Waals surface area contributed by atoms with Gasteiger partial charge in [-0.15, -0.1) is 0 Å². The standard InChI is InChI=1S/C14H23N3O4.2C13H21N3O4.C12H18FN3O4/c1-6-7-20-12-11(18)17(13(19)16(12)5)10-8-9(21-15-10)14(2,3)4;1-13(2,3)9-6-10(14-20-9)16-11(17)8(7-19-5)15(4)12(16)18;1-6-19-11-10(17)16(12(18)15(11)5)9-7-8(20-14-9)13(2,3)4;1-12(2,13)8-5-9(14-20-8)16-10(17)7(6-19-4)15(3)11(16)18/h8,11-12,18H,6-7H2,1-5H3;6,8,11,17H,7H2,1-5H3;7,10-11,17H,6H2,1-5H3;5,7,10,17H,6H2,1-4H3. The van der Waals surface area contributed by atoms with Crippen molar-refractivity contribution in [2.75, 3.05) is 88.4 Å². The topological polar surface area (TPSA) is 316 Å². The van der Waals surface area contributed by atoms with E-state index in [9.17, 15) is 44.0 Å². The second-order valence-electron chi connectivity index (χ2n) is 23.3. The van der Waals surface area contributed by atoms with Crippen LogP contribution in [0.15, 0.2) is 42.4 Å². The summed E-state index contributed by atoms with van der Waals surface area (Å²) in [5.41, 5.74) is -2.36. The molecular weight excluding hydrogens is 1070 g/mol. The highest BCUT2D eigenvalue weighted by molar-refractivity contribution is 5.96. The van der Waals surface area contributed by atoms with Gasteiger partial charge in [0.25, 0.3) is 0 Å². The highest BCUT2D eigenvalue weighted by atomic mass is 19.1. The number of anilines is 4. The van der Waals surface area contributed by atoms with Crippen LogP contribution in [-0.2, 0) is 40.9 Å². The summed E-state index contributed by atoms with van der Waals surface area (Å²) < 4.78 is 55.4. The Kier molecular flexibility index (Phi) is 20.8. The molecule has 8 amide bonds. The van der Waals surface area contributed by atoms with E-state index in [1.54, 1.807) is 46.4 Å². The predicted molar refractivity (Wildman–Crippen MR) is 290 cm³/mol. The second-order valence-corrected chi connectivity index (χ2v) is 23.3. The molecular formula is C52H83FN12O16. The number of carbonyl (C=O) groups is 4. The maximum atomic E-state index is 13.8. The first-order chi connectivity index (χ1) is 37.6. The molecule has 0 saturated carbocycles. The number of urea groups is 4. The molecule has 4 aromatic heterocycles. The summed E-state index contributed by atoms with van der Waals surface area (Å²) in [4.78, 5) is 59.0. The third kappa shape index (κ3) is 14.2. The van der Waals surface area contributed by atoms with Gasteiger partial charge in [0.1, 0.15) is 29.4 Å². The summed E-state index contributed by atoms with van der Waals surface area (Å²) in [7, 11) is 9.36. The molecule has 8 atom stereocenters. The number of amides is 8. The van der Waals surface area contributed by atoms with Crippen LogP contribution in [0.1, 0.15) is 119 Å². The first-order valence-electron chi connectivity index (χ1n) is 26.3. The van der Waals surface area contributed by atoms with Crippen LogP contribution in [0.4, 0.5) is 46.8 Å². The molecule has 0 aliphatic carbocycles. The Morgan fingerprint density at radius 2 is 0.765 bits per heavy atom. The summed E-state index contributed by atoms with van der Waals surface area (Å²) >= 11 is 0. The van der Waals surface area contributed by atoms with Crippen LogP contribution in [-0.4, -0.2) is 203 Å². The molecule has 4 saturated heterocycles. The Hall–Kier alpha value is -6.47. The van der Waals surface area contributed by atoms with Gasteiger partial charge in [0, 0.05) is 96.1 Å². The van der Waals surface area contributed by atoms with Crippen LogP contribution in [0, 0.1) is 0 Å². The molecule has 4 aliphatic heterocycles. The van der Waals surface area contributed by atoms with Gasteiger partial charge in [-0.05, 0) is 27.2 Å². The highest BCUT2D eigenvalue weighted by Gasteiger charge is 2.49. The molecule has 454 valence electrons. The van der Waals surface area contributed by atoms with Gasteiger partial charge in [-0.25, -0.2) is 43.2 Å². The molecule has 4 aromatic rings. The minimum absolute atomic E-state index is 0.00894. The Morgan fingerprint density at radius 1 is 0.481 bits per heavy atom. The second kappa shape index (κ2) is 25.8. The number of alkyl halides is 1. The van der Waals surface area contributed by atoms with Crippen LogP contribution in [0.3, 0.4) is 0 Å². The number of carbonyl (C=O) groups excluding carboxylic acids is 4. The fraction of sp³-hybridized carbons (Fsp3) is 0.692. The van der Waals surface area contributed by atoms with Gasteiger partial charge in [0.05, 0.1) is 13.2 Å². The maximum Gasteiger partial charge on any atom is 0.330 e. The van der Waals surface area contributed by atoms with Gasteiger partial charge in [0.15, 0.2) is 72.1 Å². The van der Waals surface area contributed by atoms with E-state index in [0.717, 1.165) is 11.3 Å². The van der Waals surface area contributed by atoms with Crippen LogP contribution in [0.5, 0.6) is 0 Å². The van der Waals surface area contributed by atoms with Crippen molar-refractivity contribution in [2.24, 2.45) is 0 Å². The number of hydrogen-bond donors (Lipinski definition) is 4. The lowest BCUT2D eigenvalue weighted by atomic mass is 9.93. The number of hydrogen-bond acceptors (Lipinski definition) is 20. The minimum Gasteiger partial charge on any atom is -0.382 e. The summed E-state index contributed by atoms with van der Waals surface area (Å²) in [5.74, 6) is 2.93. The molecule has 81 heavy (non-hydrogen) atoms. The van der Waals surface area contributed by atoms with Crippen molar-refractivity contribution in [2.45, 2.75) is 168 Å². The Labute approximate surface area is 471 Å². The van der Waals surface area contributed by atoms with Crippen molar-refractivity contribution in [3.05, 3.63) is 47.3 Å². The van der Waals surface area contributed by atoms with Gasteiger partial charge < -0.3 is 67.3 Å². The van der Waals surface area contributed by atoms with Crippen molar-refractivity contribution < 1.29 is 81.0 Å². The number of likely N-dealkylation sites (N-methyl/N-ethyl adjacent to an activating group) is 4. The number of aliphatic hydroxyl groups is 4. The average Bonchev–Trinajstić information content (AvgIpc) is 4.28. The van der Waals surface area contributed by atoms with Gasteiger partial charge in [-0.2, -0.15) is 0 Å². The molecule has 0 bridgehead atoms. The number of nitrogens with zero attached hydrogens (tertiary/aromatic N) is 12. The van der Waals surface area contributed by atoms with Crippen molar-refractivity contribution in [3.63, 3.8) is 0 Å². The quantitative estimate of drug-likeness (QED) is 0.118. The zero-order valence-electron chi connectivity index (χ0n) is 49.9. The maximum absolute atomic E-state index is 13.8. The smallest absolute Gasteiger partial charge is 0.330 e. The third-order valence-electron chi connectivity index (χ3n) is 13.3. The van der Waals surface area contributed by atoms with E-state index < -0.39 is 61.2 Å². The lowest BCUT2D eigenvalue weighted by Gasteiger charge is -2.21. The van der Waals surface area contributed by atoms with E-state index >= 15 is 0 Å². The van der Waals surface area contributed by atoms with Gasteiger partial charge in [0.2, 0.25) is 0 Å². The fourth-order valence-corrected chi connectivity index (χ4v) is 8.37. The van der Waals surface area contributed by atoms with Crippen LogP contribution < -0.4 is 19.6 Å². The SMILES string of the molecule is CCCOC1C(O)N(c2cc(C(C)(C)C)on2)C(=O)N1C.CCOC1C(O)N(c2cc(C(C)(C)C)on2)C(=O)N1C.COCC1C(O)N(c2cc(C(C)(C)C)on2)C(=O)N1C.COCC1C(O)N(c2cc(C(C)(C)F)on2)C(=O)N1C. The van der Waals surface area contributed by atoms with Gasteiger partial charge in [-0.1, -0.05) is 89.9 Å². The number of halogens is 1. The summed E-state index contributed by atoms with van der Waals surface area (Å²) in [6.45, 7) is 25.6. The van der Waals surface area contributed by atoms with Crippen molar-refractivity contribution in [1.29, 1.82) is 0 Å². The fourth-order valence-electron chi connectivity index (χ4n) is 8.37. The number of aromatic nitrogens is 4. The molecule has 0 radical (unpaired) electrons. The molecule has 28 nitrogen and oxygen atoms in total. The molecule has 0 spiro atoms. The molecule has 8 heterocycles. The average molecular weight is 1150 g/mol. The highest BCUT2D eigenvalue weighted by Crippen LogP contribution is 2.36. The van der Waals surface area contributed by atoms with E-state index in [1.807, 2.05) is 76.2 Å². The van der Waals surface area contributed by atoms with E-state index in [-0.39, 0.29) is 59.1 Å². The molecule has 8 rings (SSSR count). The molecule has 29 heteroatoms. The summed E-state index contributed by atoms with van der Waals surface area (Å²) in [6, 6.07) is 3.88. The zero-order valence-corrected chi connectivity index (χ0v) is 49.9. The Bertz CT molecular complexity index is 2510. The van der Waals surface area contributed by atoms with E-state index in [2.05, 4.69) is 20.6 Å². The number of aliphatic hydroxyl groups excluding tert-OH is 4. The number of rotatable bonds is 14. The largest absolute Gasteiger partial charge is 0.382 e. The normalized spacial score (nSPS) is 23.7. The Morgan fingerprint density at radius 3 is 1.02 bits per heavy atom. The van der Waals surface area contributed by atoms with Gasteiger partial charge in [-0.3, -0.25) is 9.80 Å². The van der Waals surface area contributed by atoms with E-state index in [4.69, 9.17) is 37.0 Å². The van der Waals surface area contributed by atoms with Crippen molar-refractivity contribution in [1.82, 2.24) is 40.2 Å². The van der Waals surface area contributed by atoms with E-state index in [0.29, 0.717) is 47.9 Å². The molecule has 4 aliphatic rings. The molecule has 4 fully saturated rings. The van der Waals surface area contributed by atoms with Crippen LogP contribution >= 0.6 is 0 Å². The third-order valence-corrected chi connectivity index (χ3v) is 13.3. The number of ether oxygens (including phenoxy) is 4. The van der Waals surface area contributed by atoms with Gasteiger partial charge >= 0.3 is 24.1 Å². The van der Waals surface area contributed by atoms with Crippen LogP contribution in [0.25, 0.3) is 0 Å². The van der Waals surface area contributed by atoms with Crippen LogP contribution in [0.2, 0.25) is 0 Å². The Balaban J connectivity index is 0.000000198. The zero-order chi connectivity index (χ0) is 61.0.